The van der Waals surface area contributed by atoms with E-state index in [1.807, 2.05) is 0 Å². The van der Waals surface area contributed by atoms with E-state index in [0.29, 0.717) is 12.2 Å². The molecule has 8 nitrogen and oxygen atoms in total. The number of hydrazone groups is 1. The Kier molecular flexibility index (Phi) is 5.73. The summed E-state index contributed by atoms with van der Waals surface area (Å²) >= 11 is 0. The number of ether oxygens (including phenoxy) is 2. The molecule has 0 spiro atoms. The molecule has 0 N–H and O–H groups in total. The predicted molar refractivity (Wildman–Crippen MR) is 93.4 cm³/mol. The molecule has 0 aromatic heterocycles. The maximum atomic E-state index is 12.8. The molecular weight excluding hydrogens is 379 g/mol. The van der Waals surface area contributed by atoms with Gasteiger partial charge in [-0.25, -0.2) is 22.6 Å². The number of esters is 1. The van der Waals surface area contributed by atoms with Gasteiger partial charge in [0.1, 0.15) is 30.5 Å². The summed E-state index contributed by atoms with van der Waals surface area (Å²) in [5, 5.41) is 5.15. The third-order valence-corrected chi connectivity index (χ3v) is 6.00. The highest BCUT2D eigenvalue weighted by Gasteiger charge is 2.37. The molecule has 0 saturated carbocycles. The smallest absolute Gasteiger partial charge is 0.354 e. The van der Waals surface area contributed by atoms with E-state index in [-0.39, 0.29) is 55.0 Å². The molecule has 2 aliphatic rings. The summed E-state index contributed by atoms with van der Waals surface area (Å²) in [6, 6.07) is 4.90. The standard InChI is InChI=1S/C17H19FN2O6S/c18-12-1-3-14(4-2-12)25-8-9-26-17(22)15-5-6-16(21)20(19-15)13-7-10-27(23,24)11-13/h1-4,13H,5-11H2/t13-/m0/s1. The van der Waals surface area contributed by atoms with Crippen LogP contribution in [0, 0.1) is 5.82 Å². The molecule has 3 rings (SSSR count). The van der Waals surface area contributed by atoms with Gasteiger partial charge in [0.2, 0.25) is 5.91 Å². The molecule has 146 valence electrons. The van der Waals surface area contributed by atoms with Crippen molar-refractivity contribution in [1.29, 1.82) is 0 Å². The van der Waals surface area contributed by atoms with Gasteiger partial charge in [0.05, 0.1) is 17.5 Å². The number of hydrogen-bond donors (Lipinski definition) is 0. The van der Waals surface area contributed by atoms with E-state index in [2.05, 4.69) is 5.10 Å². The number of carbonyl (C=O) groups is 2. The normalized spacial score (nSPS) is 21.7. The Balaban J connectivity index is 1.52. The third-order valence-electron chi connectivity index (χ3n) is 4.25. The molecule has 0 radical (unpaired) electrons. The summed E-state index contributed by atoms with van der Waals surface area (Å²) in [5.41, 5.74) is 0.0840. The lowest BCUT2D eigenvalue weighted by Crippen LogP contribution is -2.42. The van der Waals surface area contributed by atoms with Crippen molar-refractivity contribution in [3.63, 3.8) is 0 Å². The van der Waals surface area contributed by atoms with Crippen LogP contribution in [0.15, 0.2) is 29.4 Å². The van der Waals surface area contributed by atoms with E-state index in [4.69, 9.17) is 9.47 Å². The molecule has 1 amide bonds. The van der Waals surface area contributed by atoms with Crippen molar-refractivity contribution < 1.29 is 31.9 Å². The molecule has 1 atom stereocenters. The summed E-state index contributed by atoms with van der Waals surface area (Å²) < 4.78 is 46.4. The summed E-state index contributed by atoms with van der Waals surface area (Å²) in [7, 11) is -3.17. The minimum Gasteiger partial charge on any atom is -0.490 e. The fourth-order valence-corrected chi connectivity index (χ4v) is 4.57. The van der Waals surface area contributed by atoms with E-state index in [9.17, 15) is 22.4 Å². The van der Waals surface area contributed by atoms with Crippen molar-refractivity contribution in [3.8, 4) is 5.75 Å². The van der Waals surface area contributed by atoms with Crippen LogP contribution in [0.4, 0.5) is 4.39 Å². The number of sulfone groups is 1. The van der Waals surface area contributed by atoms with Crippen LogP contribution in [0.1, 0.15) is 19.3 Å². The lowest BCUT2D eigenvalue weighted by Gasteiger charge is -2.27. The van der Waals surface area contributed by atoms with Crippen LogP contribution in [0.2, 0.25) is 0 Å². The fraction of sp³-hybridized carbons (Fsp3) is 0.471. The predicted octanol–water partition coefficient (Wildman–Crippen LogP) is 0.913. The van der Waals surface area contributed by atoms with Crippen LogP contribution in [-0.4, -0.2) is 61.8 Å². The third kappa shape index (κ3) is 5.03. The second-order valence-electron chi connectivity index (χ2n) is 6.28. The average molecular weight is 398 g/mol. The molecule has 10 heteroatoms. The molecule has 27 heavy (non-hydrogen) atoms. The van der Waals surface area contributed by atoms with E-state index in [0.717, 1.165) is 5.01 Å². The first-order valence-corrected chi connectivity index (χ1v) is 10.3. The Morgan fingerprint density at radius 3 is 2.63 bits per heavy atom. The van der Waals surface area contributed by atoms with Gasteiger partial charge in [-0.3, -0.25) is 4.79 Å². The molecule has 0 aliphatic carbocycles. The number of halogens is 1. The van der Waals surface area contributed by atoms with E-state index >= 15 is 0 Å². The number of nitrogens with zero attached hydrogens (tertiary/aromatic N) is 2. The molecule has 2 aliphatic heterocycles. The molecule has 1 fully saturated rings. The average Bonchev–Trinajstić information content (AvgIpc) is 3.00. The molecule has 0 bridgehead atoms. The van der Waals surface area contributed by atoms with Gasteiger partial charge in [0, 0.05) is 12.8 Å². The summed E-state index contributed by atoms with van der Waals surface area (Å²) in [5.74, 6) is -1.03. The first-order chi connectivity index (χ1) is 12.8. The van der Waals surface area contributed by atoms with E-state index in [1.54, 1.807) is 0 Å². The van der Waals surface area contributed by atoms with Crippen molar-refractivity contribution in [1.82, 2.24) is 5.01 Å². The number of benzene rings is 1. The molecular formula is C17H19FN2O6S. The summed E-state index contributed by atoms with van der Waals surface area (Å²) in [6.45, 7) is 0.0369. The molecule has 0 unspecified atom stereocenters. The monoisotopic (exact) mass is 398 g/mol. The van der Waals surface area contributed by atoms with Gasteiger partial charge < -0.3 is 9.47 Å². The highest BCUT2D eigenvalue weighted by atomic mass is 32.2. The van der Waals surface area contributed by atoms with Crippen LogP contribution in [-0.2, 0) is 24.2 Å². The van der Waals surface area contributed by atoms with Gasteiger partial charge >= 0.3 is 5.97 Å². The highest BCUT2D eigenvalue weighted by molar-refractivity contribution is 7.91. The zero-order valence-corrected chi connectivity index (χ0v) is 15.3. The molecule has 1 saturated heterocycles. The molecule has 1 aromatic carbocycles. The van der Waals surface area contributed by atoms with Crippen LogP contribution in [0.5, 0.6) is 5.75 Å². The first-order valence-electron chi connectivity index (χ1n) is 8.49. The van der Waals surface area contributed by atoms with Crippen molar-refractivity contribution in [2.24, 2.45) is 5.10 Å². The van der Waals surface area contributed by atoms with Crippen molar-refractivity contribution >= 4 is 27.4 Å². The van der Waals surface area contributed by atoms with Crippen LogP contribution in [0.25, 0.3) is 0 Å². The Morgan fingerprint density at radius 2 is 1.96 bits per heavy atom. The zero-order valence-electron chi connectivity index (χ0n) is 14.5. The lowest BCUT2D eigenvalue weighted by molar-refractivity contribution is -0.137. The van der Waals surface area contributed by atoms with Crippen LogP contribution < -0.4 is 4.74 Å². The SMILES string of the molecule is O=C(OCCOc1ccc(F)cc1)C1=NN([C@H]2CCS(=O)(=O)C2)C(=O)CC1. The Morgan fingerprint density at radius 1 is 1.22 bits per heavy atom. The Labute approximate surface area is 155 Å². The largest absolute Gasteiger partial charge is 0.490 e. The van der Waals surface area contributed by atoms with Gasteiger partial charge in [-0.1, -0.05) is 0 Å². The zero-order chi connectivity index (χ0) is 19.4. The number of hydrogen-bond acceptors (Lipinski definition) is 7. The van der Waals surface area contributed by atoms with Crippen molar-refractivity contribution in [2.45, 2.75) is 25.3 Å². The second-order valence-corrected chi connectivity index (χ2v) is 8.51. The molecule has 1 aromatic rings. The van der Waals surface area contributed by atoms with Gasteiger partial charge in [0.25, 0.3) is 0 Å². The van der Waals surface area contributed by atoms with Gasteiger partial charge in [-0.05, 0) is 30.7 Å². The minimum atomic E-state index is -3.17. The second kappa shape index (κ2) is 8.03. The quantitative estimate of drug-likeness (QED) is 0.521. The maximum Gasteiger partial charge on any atom is 0.354 e. The summed E-state index contributed by atoms with van der Waals surface area (Å²) in [6.07, 6.45) is 0.536. The number of rotatable bonds is 6. The minimum absolute atomic E-state index is 0.0114. The fourth-order valence-electron chi connectivity index (χ4n) is 2.88. The number of amides is 1. The Bertz CT molecular complexity index is 853. The summed E-state index contributed by atoms with van der Waals surface area (Å²) in [4.78, 5) is 24.2. The van der Waals surface area contributed by atoms with Gasteiger partial charge in [-0.15, -0.1) is 0 Å². The van der Waals surface area contributed by atoms with Crippen LogP contribution >= 0.6 is 0 Å². The van der Waals surface area contributed by atoms with Gasteiger partial charge in [0.15, 0.2) is 9.84 Å². The Hall–Kier alpha value is -2.49. The molecule has 2 heterocycles. The van der Waals surface area contributed by atoms with E-state index < -0.39 is 21.8 Å². The lowest BCUT2D eigenvalue weighted by atomic mass is 10.1. The highest BCUT2D eigenvalue weighted by Crippen LogP contribution is 2.22. The van der Waals surface area contributed by atoms with Crippen LogP contribution in [0.3, 0.4) is 0 Å². The van der Waals surface area contributed by atoms with Crippen molar-refractivity contribution in [2.75, 3.05) is 24.7 Å². The number of carbonyl (C=O) groups excluding carboxylic acids is 2. The first kappa shape index (κ1) is 19.3. The van der Waals surface area contributed by atoms with Crippen molar-refractivity contribution in [3.05, 3.63) is 30.1 Å². The maximum absolute atomic E-state index is 12.8. The van der Waals surface area contributed by atoms with Gasteiger partial charge in [-0.2, -0.15) is 5.10 Å². The topological polar surface area (TPSA) is 102 Å². The van der Waals surface area contributed by atoms with E-state index in [1.165, 1.54) is 24.3 Å².